The zero-order chi connectivity index (χ0) is 22.9. The van der Waals surface area contributed by atoms with Gasteiger partial charge in [-0.05, 0) is 50.5 Å². The standard InChI is InChI=1S/C23H24F2N6O/c1-14(2)27-19-13-20(28-17-7-10-26-18(12-17)22(3,24)25)30-21(29-19)15-5-4-6-16(11-15)23(31-32)8-9-23/h4-7,10-14H,8-9H2,1-3H3,(H2,26,27,28,29,30). The molecular formula is C23H24F2N6O. The number of anilines is 3. The van der Waals surface area contributed by atoms with Crippen LogP contribution in [0.2, 0.25) is 0 Å². The van der Waals surface area contributed by atoms with Crippen LogP contribution >= 0.6 is 0 Å². The first kappa shape index (κ1) is 21.7. The Bertz CT molecular complexity index is 1140. The molecule has 0 bridgehead atoms. The van der Waals surface area contributed by atoms with Gasteiger partial charge in [0.25, 0.3) is 5.92 Å². The van der Waals surface area contributed by atoms with E-state index in [1.807, 2.05) is 38.1 Å². The second kappa shape index (κ2) is 8.22. The number of nitrogens with zero attached hydrogens (tertiary/aromatic N) is 4. The first-order chi connectivity index (χ1) is 15.2. The number of hydrogen-bond donors (Lipinski definition) is 2. The highest BCUT2D eigenvalue weighted by atomic mass is 19.3. The van der Waals surface area contributed by atoms with Crippen LogP contribution < -0.4 is 10.6 Å². The van der Waals surface area contributed by atoms with Gasteiger partial charge < -0.3 is 10.6 Å². The summed E-state index contributed by atoms with van der Waals surface area (Å²) in [5.41, 5.74) is 1.04. The Morgan fingerprint density at radius 3 is 2.50 bits per heavy atom. The highest BCUT2D eigenvalue weighted by Crippen LogP contribution is 2.49. The minimum atomic E-state index is -3.05. The molecule has 7 nitrogen and oxygen atoms in total. The molecular weight excluding hydrogens is 414 g/mol. The lowest BCUT2D eigenvalue weighted by molar-refractivity contribution is 0.0128. The summed E-state index contributed by atoms with van der Waals surface area (Å²) in [4.78, 5) is 24.3. The summed E-state index contributed by atoms with van der Waals surface area (Å²) in [6.45, 7) is 4.78. The predicted molar refractivity (Wildman–Crippen MR) is 120 cm³/mol. The van der Waals surface area contributed by atoms with Gasteiger partial charge in [0.2, 0.25) is 0 Å². The van der Waals surface area contributed by atoms with Gasteiger partial charge in [0.05, 0.1) is 0 Å². The number of rotatable bonds is 8. The summed E-state index contributed by atoms with van der Waals surface area (Å²) < 4.78 is 27.4. The molecule has 0 radical (unpaired) electrons. The summed E-state index contributed by atoms with van der Waals surface area (Å²) in [5.74, 6) is -1.58. The van der Waals surface area contributed by atoms with Gasteiger partial charge >= 0.3 is 0 Å². The maximum absolute atomic E-state index is 13.7. The lowest BCUT2D eigenvalue weighted by Crippen LogP contribution is -2.13. The molecule has 2 heterocycles. The summed E-state index contributed by atoms with van der Waals surface area (Å²) in [6.07, 6.45) is 2.79. The van der Waals surface area contributed by atoms with E-state index in [9.17, 15) is 13.7 Å². The number of alkyl halides is 2. The average Bonchev–Trinajstić information content (AvgIpc) is 3.54. The van der Waals surface area contributed by atoms with Crippen molar-refractivity contribution in [3.8, 4) is 11.4 Å². The van der Waals surface area contributed by atoms with Crippen molar-refractivity contribution in [2.24, 2.45) is 5.18 Å². The Morgan fingerprint density at radius 1 is 1.09 bits per heavy atom. The molecule has 1 fully saturated rings. The van der Waals surface area contributed by atoms with Gasteiger partial charge in [-0.25, -0.2) is 9.97 Å². The van der Waals surface area contributed by atoms with Crippen molar-refractivity contribution >= 4 is 17.3 Å². The highest BCUT2D eigenvalue weighted by molar-refractivity contribution is 5.66. The molecule has 0 aliphatic heterocycles. The molecule has 2 N–H and O–H groups in total. The van der Waals surface area contributed by atoms with Crippen molar-refractivity contribution in [3.63, 3.8) is 0 Å². The SMILES string of the molecule is CC(C)Nc1cc(Nc2ccnc(C(C)(F)F)c2)nc(-c2cccc(C3(N=O)CC3)c2)n1. The van der Waals surface area contributed by atoms with E-state index in [2.05, 4.69) is 30.8 Å². The molecule has 1 aliphatic carbocycles. The number of benzene rings is 1. The van der Waals surface area contributed by atoms with Gasteiger partial charge in [-0.2, -0.15) is 8.78 Å². The smallest absolute Gasteiger partial charge is 0.287 e. The summed E-state index contributed by atoms with van der Waals surface area (Å²) in [6, 6.07) is 12.2. The molecule has 0 spiro atoms. The maximum atomic E-state index is 13.7. The second-order valence-corrected chi connectivity index (χ2v) is 8.41. The molecule has 3 aromatic rings. The molecule has 0 atom stereocenters. The van der Waals surface area contributed by atoms with Crippen LogP contribution in [0.1, 0.15) is 44.9 Å². The lowest BCUT2D eigenvalue weighted by Gasteiger charge is -2.15. The molecule has 1 aliphatic rings. The molecule has 166 valence electrons. The third-order valence-corrected chi connectivity index (χ3v) is 5.20. The van der Waals surface area contributed by atoms with Crippen molar-refractivity contribution in [1.82, 2.24) is 15.0 Å². The third kappa shape index (κ3) is 4.71. The Labute approximate surface area is 184 Å². The van der Waals surface area contributed by atoms with E-state index in [1.165, 1.54) is 12.3 Å². The number of nitroso groups, excluding NO2 is 1. The third-order valence-electron chi connectivity index (χ3n) is 5.20. The van der Waals surface area contributed by atoms with E-state index in [1.54, 1.807) is 12.1 Å². The van der Waals surface area contributed by atoms with Crippen LogP contribution in [-0.2, 0) is 11.5 Å². The van der Waals surface area contributed by atoms with Gasteiger partial charge in [-0.15, -0.1) is 4.91 Å². The molecule has 9 heteroatoms. The van der Waals surface area contributed by atoms with Gasteiger partial charge in [0.15, 0.2) is 5.82 Å². The van der Waals surface area contributed by atoms with Crippen molar-refractivity contribution < 1.29 is 8.78 Å². The Kier molecular flexibility index (Phi) is 5.58. The van der Waals surface area contributed by atoms with E-state index in [0.717, 1.165) is 30.9 Å². The highest BCUT2D eigenvalue weighted by Gasteiger charge is 2.46. The van der Waals surface area contributed by atoms with E-state index < -0.39 is 11.5 Å². The molecule has 2 aromatic heterocycles. The summed E-state index contributed by atoms with van der Waals surface area (Å²) in [7, 11) is 0. The Balaban J connectivity index is 1.71. The fourth-order valence-corrected chi connectivity index (χ4v) is 3.41. The van der Waals surface area contributed by atoms with Crippen molar-refractivity contribution in [3.05, 3.63) is 64.8 Å². The van der Waals surface area contributed by atoms with Crippen LogP contribution in [-0.4, -0.2) is 21.0 Å². The minimum absolute atomic E-state index is 0.122. The number of aromatic nitrogens is 3. The largest absolute Gasteiger partial charge is 0.368 e. The molecule has 0 amide bonds. The normalized spacial score (nSPS) is 14.8. The quantitative estimate of drug-likeness (QED) is 0.421. The second-order valence-electron chi connectivity index (χ2n) is 8.41. The number of hydrogen-bond acceptors (Lipinski definition) is 7. The van der Waals surface area contributed by atoms with Gasteiger partial charge in [-0.3, -0.25) is 4.98 Å². The lowest BCUT2D eigenvalue weighted by atomic mass is 10.0. The van der Waals surface area contributed by atoms with Gasteiger partial charge in [0.1, 0.15) is 22.9 Å². The first-order valence-electron chi connectivity index (χ1n) is 10.4. The average molecular weight is 438 g/mol. The predicted octanol–water partition coefficient (Wildman–Crippen LogP) is 5.97. The van der Waals surface area contributed by atoms with E-state index in [-0.39, 0.29) is 11.7 Å². The van der Waals surface area contributed by atoms with Gasteiger partial charge in [0, 0.05) is 36.5 Å². The van der Waals surface area contributed by atoms with Crippen LogP contribution in [0.25, 0.3) is 11.4 Å². The Hall–Kier alpha value is -3.49. The van der Waals surface area contributed by atoms with Crippen LogP contribution in [0.4, 0.5) is 26.1 Å². The van der Waals surface area contributed by atoms with Gasteiger partial charge in [-0.1, -0.05) is 23.4 Å². The zero-order valence-electron chi connectivity index (χ0n) is 18.1. The van der Waals surface area contributed by atoms with Crippen LogP contribution in [0.5, 0.6) is 0 Å². The minimum Gasteiger partial charge on any atom is -0.368 e. The summed E-state index contributed by atoms with van der Waals surface area (Å²) >= 11 is 0. The molecule has 1 aromatic carbocycles. The van der Waals surface area contributed by atoms with E-state index in [0.29, 0.717) is 23.1 Å². The van der Waals surface area contributed by atoms with Crippen LogP contribution in [0.15, 0.2) is 53.8 Å². The molecule has 32 heavy (non-hydrogen) atoms. The van der Waals surface area contributed by atoms with Crippen LogP contribution in [0, 0.1) is 4.91 Å². The topological polar surface area (TPSA) is 92.2 Å². The number of nitrogens with one attached hydrogen (secondary N) is 2. The first-order valence-corrected chi connectivity index (χ1v) is 10.4. The fourth-order valence-electron chi connectivity index (χ4n) is 3.41. The zero-order valence-corrected chi connectivity index (χ0v) is 18.1. The molecule has 4 rings (SSSR count). The molecule has 0 unspecified atom stereocenters. The van der Waals surface area contributed by atoms with Crippen molar-refractivity contribution in [2.75, 3.05) is 10.6 Å². The van der Waals surface area contributed by atoms with Crippen LogP contribution in [0.3, 0.4) is 0 Å². The van der Waals surface area contributed by atoms with Crippen molar-refractivity contribution in [2.45, 2.75) is 51.1 Å². The Morgan fingerprint density at radius 2 is 1.84 bits per heavy atom. The fraction of sp³-hybridized carbons (Fsp3) is 0.348. The number of halogens is 2. The van der Waals surface area contributed by atoms with Crippen molar-refractivity contribution in [1.29, 1.82) is 0 Å². The van der Waals surface area contributed by atoms with E-state index in [4.69, 9.17) is 0 Å². The number of pyridine rings is 1. The van der Waals surface area contributed by atoms with E-state index >= 15 is 0 Å². The molecule has 1 saturated carbocycles. The summed E-state index contributed by atoms with van der Waals surface area (Å²) in [5, 5.41) is 9.64. The maximum Gasteiger partial charge on any atom is 0.287 e. The monoisotopic (exact) mass is 438 g/mol. The molecule has 0 saturated heterocycles.